The van der Waals surface area contributed by atoms with Crippen LogP contribution in [0.3, 0.4) is 0 Å². The van der Waals surface area contributed by atoms with E-state index in [2.05, 4.69) is 4.74 Å². The minimum absolute atomic E-state index is 0.257. The van der Waals surface area contributed by atoms with Crippen molar-refractivity contribution in [3.05, 3.63) is 29.8 Å². The standard InChI is InChI=1S/C14H18O5/c1-14(2,13(16)17)19-11-7-4-10(5-8-11)6-9-12(15)18-3/h4-5,7-8H,6,9H2,1-3H3,(H,16,17). The van der Waals surface area contributed by atoms with Crippen LogP contribution in [-0.4, -0.2) is 29.8 Å². The Bertz CT molecular complexity index is 447. The zero-order chi connectivity index (χ0) is 14.5. The molecular formula is C14H18O5. The summed E-state index contributed by atoms with van der Waals surface area (Å²) < 4.78 is 9.93. The van der Waals surface area contributed by atoms with Crippen LogP contribution < -0.4 is 4.74 Å². The first-order valence-electron chi connectivity index (χ1n) is 5.93. The molecule has 0 unspecified atom stereocenters. The number of methoxy groups -OCH3 is 1. The molecule has 0 aromatic heterocycles. The first-order valence-corrected chi connectivity index (χ1v) is 5.93. The Kier molecular flexibility index (Phi) is 4.92. The lowest BCUT2D eigenvalue weighted by Gasteiger charge is -2.21. The van der Waals surface area contributed by atoms with E-state index in [1.165, 1.54) is 21.0 Å². The van der Waals surface area contributed by atoms with Gasteiger partial charge in [-0.3, -0.25) is 4.79 Å². The molecule has 0 fully saturated rings. The third-order valence-electron chi connectivity index (χ3n) is 2.66. The highest BCUT2D eigenvalue weighted by Gasteiger charge is 2.29. The maximum absolute atomic E-state index is 11.0. The zero-order valence-corrected chi connectivity index (χ0v) is 11.3. The number of ether oxygens (including phenoxy) is 2. The van der Waals surface area contributed by atoms with E-state index in [1.54, 1.807) is 24.3 Å². The number of rotatable bonds is 6. The van der Waals surface area contributed by atoms with Crippen LogP contribution in [0.15, 0.2) is 24.3 Å². The summed E-state index contributed by atoms with van der Waals surface area (Å²) in [5.74, 6) is -0.802. The van der Waals surface area contributed by atoms with E-state index in [0.29, 0.717) is 18.6 Å². The van der Waals surface area contributed by atoms with Crippen LogP contribution in [0.5, 0.6) is 5.75 Å². The molecule has 1 rings (SSSR count). The normalized spacial score (nSPS) is 10.9. The highest BCUT2D eigenvalue weighted by molar-refractivity contribution is 5.76. The molecule has 0 amide bonds. The lowest BCUT2D eigenvalue weighted by atomic mass is 10.1. The first kappa shape index (κ1) is 15.0. The van der Waals surface area contributed by atoms with Crippen molar-refractivity contribution in [3.8, 4) is 5.75 Å². The Morgan fingerprint density at radius 3 is 2.26 bits per heavy atom. The third kappa shape index (κ3) is 4.62. The number of hydrogen-bond acceptors (Lipinski definition) is 4. The predicted molar refractivity (Wildman–Crippen MR) is 69.1 cm³/mol. The van der Waals surface area contributed by atoms with Crippen molar-refractivity contribution in [2.45, 2.75) is 32.3 Å². The summed E-state index contributed by atoms with van der Waals surface area (Å²) in [5, 5.41) is 8.95. The second-order valence-corrected chi connectivity index (χ2v) is 4.64. The number of aliphatic carboxylic acids is 1. The van der Waals surface area contributed by atoms with E-state index in [1.807, 2.05) is 0 Å². The number of carboxylic acids is 1. The Morgan fingerprint density at radius 1 is 1.21 bits per heavy atom. The van der Waals surface area contributed by atoms with Crippen LogP contribution in [0.1, 0.15) is 25.8 Å². The number of carbonyl (C=O) groups is 2. The highest BCUT2D eigenvalue weighted by atomic mass is 16.5. The molecule has 1 aromatic carbocycles. The van der Waals surface area contributed by atoms with Crippen molar-refractivity contribution in [2.24, 2.45) is 0 Å². The monoisotopic (exact) mass is 266 g/mol. The number of benzene rings is 1. The molecule has 0 saturated carbocycles. The summed E-state index contributed by atoms with van der Waals surface area (Å²) in [5.41, 5.74) is -0.307. The number of carboxylic acid groups (broad SMARTS) is 1. The Hall–Kier alpha value is -2.04. The number of esters is 1. The van der Waals surface area contributed by atoms with Gasteiger partial charge in [-0.05, 0) is 38.0 Å². The minimum atomic E-state index is -1.27. The van der Waals surface area contributed by atoms with Crippen LogP contribution in [0.4, 0.5) is 0 Å². The molecule has 0 saturated heterocycles. The van der Waals surface area contributed by atoms with Gasteiger partial charge in [0.2, 0.25) is 0 Å². The predicted octanol–water partition coefficient (Wildman–Crippen LogP) is 2.03. The molecule has 19 heavy (non-hydrogen) atoms. The van der Waals surface area contributed by atoms with Crippen molar-refractivity contribution in [3.63, 3.8) is 0 Å². The molecule has 1 N–H and O–H groups in total. The van der Waals surface area contributed by atoms with Crippen LogP contribution in [-0.2, 0) is 20.7 Å². The second kappa shape index (κ2) is 6.22. The second-order valence-electron chi connectivity index (χ2n) is 4.64. The highest BCUT2D eigenvalue weighted by Crippen LogP contribution is 2.19. The van der Waals surface area contributed by atoms with Crippen molar-refractivity contribution in [1.29, 1.82) is 0 Å². The third-order valence-corrected chi connectivity index (χ3v) is 2.66. The molecule has 1 aromatic rings. The Balaban J connectivity index is 2.62. The van der Waals surface area contributed by atoms with E-state index in [9.17, 15) is 9.59 Å². The SMILES string of the molecule is COC(=O)CCc1ccc(OC(C)(C)C(=O)O)cc1. The average molecular weight is 266 g/mol. The van der Waals surface area contributed by atoms with Crippen LogP contribution >= 0.6 is 0 Å². The van der Waals surface area contributed by atoms with Gasteiger partial charge in [0.15, 0.2) is 5.60 Å². The molecule has 0 bridgehead atoms. The zero-order valence-electron chi connectivity index (χ0n) is 11.3. The van der Waals surface area contributed by atoms with Crippen LogP contribution in [0.25, 0.3) is 0 Å². The van der Waals surface area contributed by atoms with Gasteiger partial charge in [-0.1, -0.05) is 12.1 Å². The van der Waals surface area contributed by atoms with Gasteiger partial charge in [-0.25, -0.2) is 4.79 Å². The smallest absolute Gasteiger partial charge is 0.347 e. The fraction of sp³-hybridized carbons (Fsp3) is 0.429. The van der Waals surface area contributed by atoms with Gasteiger partial charge in [0, 0.05) is 6.42 Å². The Morgan fingerprint density at radius 2 is 1.79 bits per heavy atom. The molecule has 0 spiro atoms. The average Bonchev–Trinajstić information content (AvgIpc) is 2.37. The molecule has 0 heterocycles. The molecule has 0 aliphatic carbocycles. The fourth-order valence-electron chi connectivity index (χ4n) is 1.41. The number of hydrogen-bond donors (Lipinski definition) is 1. The summed E-state index contributed by atoms with van der Waals surface area (Å²) in [4.78, 5) is 21.9. The summed E-state index contributed by atoms with van der Waals surface area (Å²) in [6.45, 7) is 2.97. The largest absolute Gasteiger partial charge is 0.478 e. The van der Waals surface area contributed by atoms with E-state index in [-0.39, 0.29) is 5.97 Å². The molecule has 0 radical (unpaired) electrons. The summed E-state index contributed by atoms with van der Waals surface area (Å²) in [7, 11) is 1.35. The van der Waals surface area contributed by atoms with Crippen molar-refractivity contribution < 1.29 is 24.2 Å². The van der Waals surface area contributed by atoms with Crippen LogP contribution in [0.2, 0.25) is 0 Å². The van der Waals surface area contributed by atoms with E-state index >= 15 is 0 Å². The van der Waals surface area contributed by atoms with Gasteiger partial charge in [0.25, 0.3) is 0 Å². The molecule has 5 nitrogen and oxygen atoms in total. The summed E-state index contributed by atoms with van der Waals surface area (Å²) in [6.07, 6.45) is 0.895. The van der Waals surface area contributed by atoms with Gasteiger partial charge in [0.1, 0.15) is 5.75 Å². The molecule has 5 heteroatoms. The van der Waals surface area contributed by atoms with E-state index in [0.717, 1.165) is 5.56 Å². The first-order chi connectivity index (χ1) is 8.85. The van der Waals surface area contributed by atoms with Crippen molar-refractivity contribution >= 4 is 11.9 Å². The lowest BCUT2D eigenvalue weighted by molar-refractivity contribution is -0.152. The molecule has 0 atom stereocenters. The van der Waals surface area contributed by atoms with E-state index < -0.39 is 11.6 Å². The molecular weight excluding hydrogens is 248 g/mol. The fourth-order valence-corrected chi connectivity index (χ4v) is 1.41. The molecule has 0 aliphatic rings. The molecule has 104 valence electrons. The minimum Gasteiger partial charge on any atom is -0.478 e. The molecule has 0 aliphatic heterocycles. The van der Waals surface area contributed by atoms with Gasteiger partial charge < -0.3 is 14.6 Å². The summed E-state index contributed by atoms with van der Waals surface area (Å²) >= 11 is 0. The maximum atomic E-state index is 11.0. The van der Waals surface area contributed by atoms with Crippen molar-refractivity contribution in [1.82, 2.24) is 0 Å². The van der Waals surface area contributed by atoms with Gasteiger partial charge >= 0.3 is 11.9 Å². The van der Waals surface area contributed by atoms with Gasteiger partial charge in [0.05, 0.1) is 7.11 Å². The quantitative estimate of drug-likeness (QED) is 0.797. The van der Waals surface area contributed by atoms with Crippen LogP contribution in [0, 0.1) is 0 Å². The number of aryl methyl sites for hydroxylation is 1. The lowest BCUT2D eigenvalue weighted by Crippen LogP contribution is -2.37. The van der Waals surface area contributed by atoms with E-state index in [4.69, 9.17) is 9.84 Å². The summed E-state index contributed by atoms with van der Waals surface area (Å²) in [6, 6.07) is 6.99. The maximum Gasteiger partial charge on any atom is 0.347 e. The number of carbonyl (C=O) groups excluding carboxylic acids is 1. The van der Waals surface area contributed by atoms with Gasteiger partial charge in [-0.2, -0.15) is 0 Å². The van der Waals surface area contributed by atoms with Gasteiger partial charge in [-0.15, -0.1) is 0 Å². The Labute approximate surface area is 112 Å². The topological polar surface area (TPSA) is 72.8 Å². The van der Waals surface area contributed by atoms with Crippen molar-refractivity contribution in [2.75, 3.05) is 7.11 Å².